The lowest BCUT2D eigenvalue weighted by Gasteiger charge is -2.42. The van der Waals surface area contributed by atoms with Gasteiger partial charge in [-0.1, -0.05) is 64.0 Å². The van der Waals surface area contributed by atoms with E-state index in [4.69, 9.17) is 0 Å². The number of aliphatic hydroxyl groups is 1. The van der Waals surface area contributed by atoms with Crippen LogP contribution < -0.4 is 5.32 Å². The van der Waals surface area contributed by atoms with E-state index in [1.54, 1.807) is 0 Å². The second-order valence-corrected chi connectivity index (χ2v) is 12.1. The van der Waals surface area contributed by atoms with E-state index in [1.165, 1.54) is 32.4 Å². The van der Waals surface area contributed by atoms with Crippen molar-refractivity contribution in [2.45, 2.75) is 51.0 Å². The average molecular weight is 551 g/mol. The summed E-state index contributed by atoms with van der Waals surface area (Å²) in [6.07, 6.45) is 8.41. The number of halogens is 1. The Balaban J connectivity index is 1.09. The number of hydrogen-bond acceptors (Lipinski definition) is 4. The topological polar surface area (TPSA) is 38.7 Å². The van der Waals surface area contributed by atoms with Gasteiger partial charge in [-0.15, -0.1) is 0 Å². The standard InChI is InChI=1S/C31H40BrN3O/c1-22-17-23(2)19-25(18-22)8-7-24(3)35-13-9-26(10-14-35)29(36)20-34-15-11-31(12-16-34)21-33-28-6-4-5-27(32)30(28)31/h4-8,17-19,26,29,33,36H,3,9-16,20-21H2,1-2H3/b8-7+. The Kier molecular flexibility index (Phi) is 7.62. The molecule has 36 heavy (non-hydrogen) atoms. The average Bonchev–Trinajstić information content (AvgIpc) is 3.23. The van der Waals surface area contributed by atoms with Crippen LogP contribution in [0, 0.1) is 19.8 Å². The number of piperidine rings is 2. The van der Waals surface area contributed by atoms with Crippen LogP contribution in [0.5, 0.6) is 0 Å². The third-order valence-electron chi connectivity index (χ3n) is 8.62. The molecule has 192 valence electrons. The molecule has 1 unspecified atom stereocenters. The lowest BCUT2D eigenvalue weighted by atomic mass is 9.74. The Labute approximate surface area is 225 Å². The van der Waals surface area contributed by atoms with Crippen molar-refractivity contribution in [3.8, 4) is 0 Å². The van der Waals surface area contributed by atoms with Crippen LogP contribution in [0.25, 0.3) is 6.08 Å². The number of allylic oxidation sites excluding steroid dienone is 1. The highest BCUT2D eigenvalue weighted by atomic mass is 79.9. The highest BCUT2D eigenvalue weighted by molar-refractivity contribution is 9.10. The van der Waals surface area contributed by atoms with Gasteiger partial charge < -0.3 is 20.2 Å². The van der Waals surface area contributed by atoms with Crippen LogP contribution in [0.15, 0.2) is 59.2 Å². The molecule has 5 heteroatoms. The summed E-state index contributed by atoms with van der Waals surface area (Å²) >= 11 is 3.80. The molecule has 5 rings (SSSR count). The zero-order chi connectivity index (χ0) is 25.3. The maximum absolute atomic E-state index is 11.1. The van der Waals surface area contributed by atoms with Gasteiger partial charge in [0, 0.05) is 47.5 Å². The summed E-state index contributed by atoms with van der Waals surface area (Å²) in [7, 11) is 0. The maximum Gasteiger partial charge on any atom is 0.0696 e. The minimum Gasteiger partial charge on any atom is -0.392 e. The van der Waals surface area contributed by atoms with Crippen molar-refractivity contribution in [1.82, 2.24) is 9.80 Å². The van der Waals surface area contributed by atoms with Crippen LogP contribution in [0.1, 0.15) is 47.9 Å². The number of fused-ring (bicyclic) bond motifs is 2. The molecule has 3 aliphatic heterocycles. The van der Waals surface area contributed by atoms with Gasteiger partial charge in [0.15, 0.2) is 0 Å². The minimum absolute atomic E-state index is 0.229. The Morgan fingerprint density at radius 2 is 1.83 bits per heavy atom. The summed E-state index contributed by atoms with van der Waals surface area (Å²) in [6, 6.07) is 13.1. The van der Waals surface area contributed by atoms with Crippen molar-refractivity contribution in [2.24, 2.45) is 5.92 Å². The Hall–Kier alpha value is -2.08. The van der Waals surface area contributed by atoms with Crippen molar-refractivity contribution in [3.63, 3.8) is 0 Å². The van der Waals surface area contributed by atoms with E-state index >= 15 is 0 Å². The molecule has 2 fully saturated rings. The molecule has 2 aromatic carbocycles. The fourth-order valence-electron chi connectivity index (χ4n) is 6.54. The van der Waals surface area contributed by atoms with Gasteiger partial charge in [0.1, 0.15) is 0 Å². The monoisotopic (exact) mass is 549 g/mol. The molecule has 2 saturated heterocycles. The Morgan fingerprint density at radius 1 is 1.14 bits per heavy atom. The van der Waals surface area contributed by atoms with E-state index < -0.39 is 0 Å². The number of anilines is 1. The molecule has 0 radical (unpaired) electrons. The molecular weight excluding hydrogens is 510 g/mol. The molecule has 3 aliphatic rings. The lowest BCUT2D eigenvalue weighted by molar-refractivity contribution is 0.0260. The summed E-state index contributed by atoms with van der Waals surface area (Å²) in [5.41, 5.74) is 7.85. The minimum atomic E-state index is -0.249. The molecule has 2 aromatic rings. The van der Waals surface area contributed by atoms with Gasteiger partial charge in [-0.3, -0.25) is 0 Å². The molecule has 1 spiro atoms. The van der Waals surface area contributed by atoms with Gasteiger partial charge in [-0.25, -0.2) is 0 Å². The van der Waals surface area contributed by atoms with Crippen molar-refractivity contribution in [3.05, 3.63) is 81.5 Å². The van der Waals surface area contributed by atoms with Crippen molar-refractivity contribution in [1.29, 1.82) is 0 Å². The van der Waals surface area contributed by atoms with Crippen LogP contribution in [0.3, 0.4) is 0 Å². The number of rotatable bonds is 6. The van der Waals surface area contributed by atoms with E-state index in [1.807, 2.05) is 0 Å². The molecule has 0 amide bonds. The lowest BCUT2D eigenvalue weighted by Crippen LogP contribution is -2.48. The number of nitrogens with zero attached hydrogens (tertiary/aromatic N) is 2. The predicted molar refractivity (Wildman–Crippen MR) is 154 cm³/mol. The van der Waals surface area contributed by atoms with Gasteiger partial charge in [-0.05, 0) is 87.9 Å². The zero-order valence-corrected chi connectivity index (χ0v) is 23.4. The number of nitrogens with one attached hydrogen (secondary N) is 1. The quantitative estimate of drug-likeness (QED) is 0.425. The molecule has 0 saturated carbocycles. The highest BCUT2D eigenvalue weighted by Gasteiger charge is 2.43. The smallest absolute Gasteiger partial charge is 0.0696 e. The first-order chi connectivity index (χ1) is 17.3. The van der Waals surface area contributed by atoms with Crippen LogP contribution in [0.4, 0.5) is 5.69 Å². The van der Waals surface area contributed by atoms with E-state index in [2.05, 4.69) is 100 Å². The molecule has 0 bridgehead atoms. The predicted octanol–water partition coefficient (Wildman–Crippen LogP) is 6.13. The SMILES string of the molecule is C=C(/C=C/c1cc(C)cc(C)c1)N1CCC(C(O)CN2CCC3(CC2)CNc2cccc(Br)c23)CC1. The second-order valence-electron chi connectivity index (χ2n) is 11.2. The molecule has 2 N–H and O–H groups in total. The molecule has 0 aliphatic carbocycles. The number of hydrogen-bond donors (Lipinski definition) is 2. The molecule has 0 aromatic heterocycles. The van der Waals surface area contributed by atoms with E-state index in [9.17, 15) is 5.11 Å². The third-order valence-corrected chi connectivity index (χ3v) is 9.28. The zero-order valence-electron chi connectivity index (χ0n) is 21.8. The number of β-amino-alcohol motifs (C(OH)–C–C–N with tert-alkyl or cyclic N) is 1. The first kappa shape index (κ1) is 25.6. The largest absolute Gasteiger partial charge is 0.392 e. The molecule has 4 nitrogen and oxygen atoms in total. The van der Waals surface area contributed by atoms with Crippen LogP contribution in [-0.2, 0) is 5.41 Å². The Morgan fingerprint density at radius 3 is 2.53 bits per heavy atom. The summed E-state index contributed by atoms with van der Waals surface area (Å²) in [6.45, 7) is 14.5. The van der Waals surface area contributed by atoms with Gasteiger partial charge in [0.25, 0.3) is 0 Å². The number of likely N-dealkylation sites (tertiary alicyclic amines) is 2. The van der Waals surface area contributed by atoms with Crippen LogP contribution >= 0.6 is 15.9 Å². The van der Waals surface area contributed by atoms with E-state index in [-0.39, 0.29) is 11.5 Å². The van der Waals surface area contributed by atoms with Crippen molar-refractivity contribution in [2.75, 3.05) is 44.6 Å². The molecular formula is C31H40BrN3O. The first-order valence-electron chi connectivity index (χ1n) is 13.5. The first-order valence-corrected chi connectivity index (χ1v) is 14.3. The van der Waals surface area contributed by atoms with Crippen molar-refractivity contribution < 1.29 is 5.11 Å². The fraction of sp³-hybridized carbons (Fsp3) is 0.484. The summed E-state index contributed by atoms with van der Waals surface area (Å²) < 4.78 is 1.23. The van der Waals surface area contributed by atoms with Crippen LogP contribution in [-0.4, -0.2) is 60.3 Å². The van der Waals surface area contributed by atoms with Gasteiger partial charge in [0.05, 0.1) is 6.10 Å². The maximum atomic E-state index is 11.1. The normalized spacial score (nSPS) is 21.1. The number of benzene rings is 2. The summed E-state index contributed by atoms with van der Waals surface area (Å²) in [5.74, 6) is 0.372. The highest BCUT2D eigenvalue weighted by Crippen LogP contribution is 2.47. The van der Waals surface area contributed by atoms with Gasteiger partial charge >= 0.3 is 0 Å². The molecule has 3 heterocycles. The second kappa shape index (κ2) is 10.7. The van der Waals surface area contributed by atoms with Gasteiger partial charge in [0.2, 0.25) is 0 Å². The van der Waals surface area contributed by atoms with Crippen molar-refractivity contribution >= 4 is 27.7 Å². The summed E-state index contributed by atoms with van der Waals surface area (Å²) in [5, 5.41) is 14.7. The fourth-order valence-corrected chi connectivity index (χ4v) is 7.33. The third kappa shape index (κ3) is 5.44. The van der Waals surface area contributed by atoms with E-state index in [0.717, 1.165) is 70.6 Å². The van der Waals surface area contributed by atoms with Gasteiger partial charge in [-0.2, -0.15) is 0 Å². The van der Waals surface area contributed by atoms with E-state index in [0.29, 0.717) is 5.92 Å². The molecule has 1 atom stereocenters. The van der Waals surface area contributed by atoms with Crippen LogP contribution in [0.2, 0.25) is 0 Å². The number of aryl methyl sites for hydroxylation is 2. The number of aliphatic hydroxyl groups excluding tert-OH is 1. The Bertz CT molecular complexity index is 1110. The summed E-state index contributed by atoms with van der Waals surface area (Å²) in [4.78, 5) is 4.86.